The summed E-state index contributed by atoms with van der Waals surface area (Å²) in [7, 11) is 0. The highest BCUT2D eigenvalue weighted by atomic mass is 16.3. The van der Waals surface area contributed by atoms with Crippen LogP contribution in [0.3, 0.4) is 0 Å². The number of hydrogen-bond acceptors (Lipinski definition) is 1. The lowest BCUT2D eigenvalue weighted by atomic mass is 9.70. The third kappa shape index (κ3) is 2.98. The van der Waals surface area contributed by atoms with Crippen molar-refractivity contribution in [2.45, 2.75) is 72.8 Å². The monoisotopic (exact) mass is 200 g/mol. The Bertz CT molecular complexity index is 130. The van der Waals surface area contributed by atoms with E-state index in [4.69, 9.17) is 0 Å². The molecule has 0 aromatic carbocycles. The van der Waals surface area contributed by atoms with Crippen molar-refractivity contribution in [2.24, 2.45) is 11.3 Å². The molecule has 0 fully saturated rings. The summed E-state index contributed by atoms with van der Waals surface area (Å²) >= 11 is 0. The van der Waals surface area contributed by atoms with Gasteiger partial charge in [-0.1, -0.05) is 41.0 Å². The van der Waals surface area contributed by atoms with Gasteiger partial charge in [0, 0.05) is 0 Å². The Kier molecular flexibility index (Phi) is 6.43. The quantitative estimate of drug-likeness (QED) is 0.658. The second-order valence-electron chi connectivity index (χ2n) is 4.63. The van der Waals surface area contributed by atoms with Gasteiger partial charge >= 0.3 is 0 Å². The minimum Gasteiger partial charge on any atom is -0.392 e. The second kappa shape index (κ2) is 6.44. The van der Waals surface area contributed by atoms with E-state index >= 15 is 0 Å². The highest BCUT2D eigenvalue weighted by molar-refractivity contribution is 4.85. The first-order valence-electron chi connectivity index (χ1n) is 6.25. The largest absolute Gasteiger partial charge is 0.392 e. The second-order valence-corrected chi connectivity index (χ2v) is 4.63. The van der Waals surface area contributed by atoms with Crippen LogP contribution in [0.15, 0.2) is 0 Å². The molecule has 1 heteroatoms. The Morgan fingerprint density at radius 1 is 1.00 bits per heavy atom. The van der Waals surface area contributed by atoms with E-state index in [-0.39, 0.29) is 11.5 Å². The van der Waals surface area contributed by atoms with Gasteiger partial charge in [0.1, 0.15) is 0 Å². The third-order valence-electron chi connectivity index (χ3n) is 4.02. The summed E-state index contributed by atoms with van der Waals surface area (Å²) < 4.78 is 0. The van der Waals surface area contributed by atoms with Gasteiger partial charge in [0.2, 0.25) is 0 Å². The molecule has 0 spiro atoms. The molecule has 0 aliphatic rings. The predicted octanol–water partition coefficient (Wildman–Crippen LogP) is 4.00. The molecule has 0 saturated heterocycles. The molecule has 0 amide bonds. The molecule has 1 N–H and O–H groups in total. The molecule has 86 valence electrons. The Morgan fingerprint density at radius 2 is 1.43 bits per heavy atom. The van der Waals surface area contributed by atoms with Crippen molar-refractivity contribution < 1.29 is 5.11 Å². The van der Waals surface area contributed by atoms with Crippen LogP contribution in [0.2, 0.25) is 0 Å². The van der Waals surface area contributed by atoms with Gasteiger partial charge < -0.3 is 5.11 Å². The summed E-state index contributed by atoms with van der Waals surface area (Å²) in [4.78, 5) is 0. The molecule has 0 radical (unpaired) electrons. The Morgan fingerprint density at radius 3 is 1.71 bits per heavy atom. The van der Waals surface area contributed by atoms with E-state index in [1.54, 1.807) is 0 Å². The van der Waals surface area contributed by atoms with E-state index in [0.29, 0.717) is 5.92 Å². The first-order valence-corrected chi connectivity index (χ1v) is 6.25. The van der Waals surface area contributed by atoms with Gasteiger partial charge in [-0.3, -0.25) is 0 Å². The summed E-state index contributed by atoms with van der Waals surface area (Å²) in [6.45, 7) is 11.0. The molecule has 0 heterocycles. The van der Waals surface area contributed by atoms with Gasteiger partial charge in [0.25, 0.3) is 0 Å². The Labute approximate surface area is 89.9 Å². The van der Waals surface area contributed by atoms with Crippen molar-refractivity contribution >= 4 is 0 Å². The highest BCUT2D eigenvalue weighted by Gasteiger charge is 2.35. The lowest BCUT2D eigenvalue weighted by Crippen LogP contribution is -2.38. The topological polar surface area (TPSA) is 20.2 Å². The van der Waals surface area contributed by atoms with Crippen molar-refractivity contribution in [3.05, 3.63) is 0 Å². The van der Waals surface area contributed by atoms with Crippen LogP contribution in [0.1, 0.15) is 66.7 Å². The van der Waals surface area contributed by atoms with Crippen LogP contribution in [-0.2, 0) is 0 Å². The molecule has 14 heavy (non-hydrogen) atoms. The molecule has 0 saturated carbocycles. The Balaban J connectivity index is 4.48. The first-order chi connectivity index (χ1) is 6.57. The zero-order valence-electron chi connectivity index (χ0n) is 10.6. The van der Waals surface area contributed by atoms with E-state index in [1.165, 1.54) is 6.42 Å². The highest BCUT2D eigenvalue weighted by Crippen LogP contribution is 2.38. The molecule has 0 aliphatic heterocycles. The minimum atomic E-state index is -0.123. The number of aliphatic hydroxyl groups excluding tert-OH is 1. The fourth-order valence-electron chi connectivity index (χ4n) is 2.59. The minimum absolute atomic E-state index is 0.123. The maximum Gasteiger partial charge on any atom is 0.0621 e. The fourth-order valence-corrected chi connectivity index (χ4v) is 2.59. The lowest BCUT2D eigenvalue weighted by molar-refractivity contribution is -0.0256. The van der Waals surface area contributed by atoms with Crippen LogP contribution in [-0.4, -0.2) is 11.2 Å². The average molecular weight is 200 g/mol. The van der Waals surface area contributed by atoms with Crippen LogP contribution >= 0.6 is 0 Å². The molecule has 0 aromatic rings. The summed E-state index contributed by atoms with van der Waals surface area (Å²) in [6, 6.07) is 0. The molecular weight excluding hydrogens is 172 g/mol. The van der Waals surface area contributed by atoms with E-state index in [0.717, 1.165) is 25.7 Å². The molecule has 2 unspecified atom stereocenters. The van der Waals surface area contributed by atoms with Gasteiger partial charge in [0.05, 0.1) is 6.10 Å². The Hall–Kier alpha value is -0.0400. The van der Waals surface area contributed by atoms with E-state index < -0.39 is 0 Å². The number of rotatable bonds is 7. The summed E-state index contributed by atoms with van der Waals surface area (Å²) in [5.41, 5.74) is 0.161. The van der Waals surface area contributed by atoms with Gasteiger partial charge in [-0.25, -0.2) is 0 Å². The van der Waals surface area contributed by atoms with Crippen molar-refractivity contribution in [1.82, 2.24) is 0 Å². The fraction of sp³-hybridized carbons (Fsp3) is 1.00. The van der Waals surface area contributed by atoms with Crippen LogP contribution in [0.25, 0.3) is 0 Å². The molecular formula is C13H28O. The van der Waals surface area contributed by atoms with Gasteiger partial charge in [-0.05, 0) is 37.0 Å². The van der Waals surface area contributed by atoms with Crippen LogP contribution < -0.4 is 0 Å². The van der Waals surface area contributed by atoms with Crippen molar-refractivity contribution in [1.29, 1.82) is 0 Å². The smallest absolute Gasteiger partial charge is 0.0621 e. The SMILES string of the molecule is CCCC(C)C(O)C(CC)(CC)CC. The first kappa shape index (κ1) is 14.0. The summed E-state index contributed by atoms with van der Waals surface area (Å²) in [6.07, 6.45) is 5.47. The molecule has 1 nitrogen and oxygen atoms in total. The third-order valence-corrected chi connectivity index (χ3v) is 4.02. The van der Waals surface area contributed by atoms with Gasteiger partial charge in [-0.2, -0.15) is 0 Å². The van der Waals surface area contributed by atoms with Crippen LogP contribution in [0.4, 0.5) is 0 Å². The lowest BCUT2D eigenvalue weighted by Gasteiger charge is -2.39. The van der Waals surface area contributed by atoms with Crippen LogP contribution in [0.5, 0.6) is 0 Å². The van der Waals surface area contributed by atoms with Crippen LogP contribution in [0, 0.1) is 11.3 Å². The summed E-state index contributed by atoms with van der Waals surface area (Å²) in [5, 5.41) is 10.4. The standard InChI is InChI=1S/C13H28O/c1-6-10-11(5)12(14)13(7-2,8-3)9-4/h11-12,14H,6-10H2,1-5H3. The number of hydrogen-bond donors (Lipinski definition) is 1. The summed E-state index contributed by atoms with van der Waals surface area (Å²) in [5.74, 6) is 0.444. The van der Waals surface area contributed by atoms with Crippen molar-refractivity contribution in [2.75, 3.05) is 0 Å². The molecule has 0 aromatic heterocycles. The predicted molar refractivity (Wildman–Crippen MR) is 63.4 cm³/mol. The average Bonchev–Trinajstić information content (AvgIpc) is 2.21. The zero-order valence-corrected chi connectivity index (χ0v) is 10.6. The maximum atomic E-state index is 10.4. The van der Waals surface area contributed by atoms with Gasteiger partial charge in [-0.15, -0.1) is 0 Å². The van der Waals surface area contributed by atoms with Crippen molar-refractivity contribution in [3.8, 4) is 0 Å². The van der Waals surface area contributed by atoms with E-state index in [1.807, 2.05) is 0 Å². The van der Waals surface area contributed by atoms with E-state index in [9.17, 15) is 5.11 Å². The molecule has 0 aliphatic carbocycles. The van der Waals surface area contributed by atoms with Crippen molar-refractivity contribution in [3.63, 3.8) is 0 Å². The zero-order chi connectivity index (χ0) is 11.2. The van der Waals surface area contributed by atoms with E-state index in [2.05, 4.69) is 34.6 Å². The molecule has 0 bridgehead atoms. The molecule has 2 atom stereocenters. The number of aliphatic hydroxyl groups is 1. The van der Waals surface area contributed by atoms with Gasteiger partial charge in [0.15, 0.2) is 0 Å². The normalized spacial score (nSPS) is 16.7. The molecule has 0 rings (SSSR count). The maximum absolute atomic E-state index is 10.4.